The number of aliphatic carboxylic acids is 1. The molecule has 0 radical (unpaired) electrons. The number of carbonyl (C=O) groups excluding carboxylic acids is 1. The lowest BCUT2D eigenvalue weighted by Crippen LogP contribution is -2.47. The largest absolute Gasteiger partial charge is 0.480 e. The fraction of sp³-hybridized carbons (Fsp3) is 0.818. The monoisotopic (exact) mass is 230 g/mol. The molecule has 0 aromatic heterocycles. The van der Waals surface area contributed by atoms with Crippen LogP contribution in [0.15, 0.2) is 0 Å². The molecule has 0 aliphatic heterocycles. The lowest BCUT2D eigenvalue weighted by atomic mass is 10.2. The Morgan fingerprint density at radius 3 is 2.19 bits per heavy atom. The molecule has 0 rings (SSSR count). The molecule has 0 bridgehead atoms. The number of hydrogen-bond donors (Lipinski definition) is 2. The number of carboxylic acids is 1. The van der Waals surface area contributed by atoms with Gasteiger partial charge in [-0.1, -0.05) is 13.8 Å². The van der Waals surface area contributed by atoms with E-state index in [1.165, 1.54) is 0 Å². The summed E-state index contributed by atoms with van der Waals surface area (Å²) in [5, 5.41) is 11.7. The van der Waals surface area contributed by atoms with E-state index in [1.807, 2.05) is 27.7 Å². The van der Waals surface area contributed by atoms with Crippen LogP contribution < -0.4 is 5.32 Å². The number of likely N-dealkylation sites (N-methyl/N-ethyl adjacent to an activating group) is 1. The van der Waals surface area contributed by atoms with Gasteiger partial charge in [0.05, 0.1) is 6.54 Å². The zero-order valence-electron chi connectivity index (χ0n) is 10.5. The van der Waals surface area contributed by atoms with E-state index < -0.39 is 12.0 Å². The van der Waals surface area contributed by atoms with Gasteiger partial charge in [-0.3, -0.25) is 14.5 Å². The Hall–Kier alpha value is -1.10. The summed E-state index contributed by atoms with van der Waals surface area (Å²) in [6.07, 6.45) is 0.498. The highest BCUT2D eigenvalue weighted by atomic mass is 16.4. The summed E-state index contributed by atoms with van der Waals surface area (Å²) < 4.78 is 0. The van der Waals surface area contributed by atoms with E-state index in [-0.39, 0.29) is 18.5 Å². The molecule has 1 amide bonds. The molecule has 0 fully saturated rings. The first-order valence-corrected chi connectivity index (χ1v) is 5.68. The highest BCUT2D eigenvalue weighted by Gasteiger charge is 2.24. The molecular formula is C11H22N2O3. The van der Waals surface area contributed by atoms with Crippen molar-refractivity contribution in [3.8, 4) is 0 Å². The smallest absolute Gasteiger partial charge is 0.320 e. The van der Waals surface area contributed by atoms with E-state index in [1.54, 1.807) is 4.90 Å². The molecule has 0 aliphatic carbocycles. The number of nitrogens with one attached hydrogen (secondary N) is 1. The number of carbonyl (C=O) groups is 2. The van der Waals surface area contributed by atoms with E-state index in [4.69, 9.17) is 5.11 Å². The van der Waals surface area contributed by atoms with Gasteiger partial charge in [-0.15, -0.1) is 0 Å². The van der Waals surface area contributed by atoms with Gasteiger partial charge in [0.2, 0.25) is 5.91 Å². The Balaban J connectivity index is 4.38. The van der Waals surface area contributed by atoms with Crippen LogP contribution in [0.1, 0.15) is 34.1 Å². The van der Waals surface area contributed by atoms with Crippen LogP contribution in [0.4, 0.5) is 0 Å². The minimum absolute atomic E-state index is 0.0797. The van der Waals surface area contributed by atoms with E-state index in [0.717, 1.165) is 0 Å². The first-order valence-electron chi connectivity index (χ1n) is 5.68. The standard InChI is InChI=1S/C11H22N2O3/c1-5-9(11(15)16)13(6-2)7-10(14)12-8(3)4/h8-9H,5-7H2,1-4H3,(H,12,14)(H,15,16)/t9-/m0/s1. The lowest BCUT2D eigenvalue weighted by molar-refractivity contribution is -0.144. The van der Waals surface area contributed by atoms with Crippen molar-refractivity contribution in [3.05, 3.63) is 0 Å². The summed E-state index contributed by atoms with van der Waals surface area (Å²) in [5.74, 6) is -1.00. The number of nitrogens with zero attached hydrogens (tertiary/aromatic N) is 1. The van der Waals surface area contributed by atoms with Gasteiger partial charge in [0.15, 0.2) is 0 Å². The third-order valence-corrected chi connectivity index (χ3v) is 2.32. The van der Waals surface area contributed by atoms with Crippen LogP contribution in [-0.4, -0.2) is 47.1 Å². The molecule has 16 heavy (non-hydrogen) atoms. The molecule has 1 atom stereocenters. The Morgan fingerprint density at radius 1 is 1.31 bits per heavy atom. The van der Waals surface area contributed by atoms with Gasteiger partial charge >= 0.3 is 5.97 Å². The Bertz CT molecular complexity index is 241. The van der Waals surface area contributed by atoms with Crippen LogP contribution in [0, 0.1) is 0 Å². The second kappa shape index (κ2) is 7.22. The molecule has 0 saturated carbocycles. The summed E-state index contributed by atoms with van der Waals surface area (Å²) in [5.41, 5.74) is 0. The molecule has 0 saturated heterocycles. The highest BCUT2D eigenvalue weighted by Crippen LogP contribution is 2.04. The van der Waals surface area contributed by atoms with Crippen molar-refractivity contribution in [2.24, 2.45) is 0 Å². The van der Waals surface area contributed by atoms with E-state index >= 15 is 0 Å². The number of carboxylic acid groups (broad SMARTS) is 1. The number of hydrogen-bond acceptors (Lipinski definition) is 3. The van der Waals surface area contributed by atoms with Gasteiger partial charge in [-0.05, 0) is 26.8 Å². The van der Waals surface area contributed by atoms with Crippen LogP contribution in [0.3, 0.4) is 0 Å². The van der Waals surface area contributed by atoms with Crippen LogP contribution in [-0.2, 0) is 9.59 Å². The van der Waals surface area contributed by atoms with Crippen molar-refractivity contribution in [1.82, 2.24) is 10.2 Å². The van der Waals surface area contributed by atoms with Gasteiger partial charge < -0.3 is 10.4 Å². The third-order valence-electron chi connectivity index (χ3n) is 2.32. The third kappa shape index (κ3) is 5.11. The minimum atomic E-state index is -0.873. The Kier molecular flexibility index (Phi) is 6.72. The fourth-order valence-corrected chi connectivity index (χ4v) is 1.58. The molecule has 0 unspecified atom stereocenters. The zero-order chi connectivity index (χ0) is 12.7. The summed E-state index contributed by atoms with van der Waals surface area (Å²) in [7, 11) is 0. The molecule has 94 valence electrons. The normalized spacial score (nSPS) is 12.9. The Labute approximate surface area is 96.8 Å². The van der Waals surface area contributed by atoms with E-state index in [0.29, 0.717) is 13.0 Å². The average Bonchev–Trinajstić information content (AvgIpc) is 2.15. The van der Waals surface area contributed by atoms with Crippen molar-refractivity contribution >= 4 is 11.9 Å². The predicted molar refractivity (Wildman–Crippen MR) is 62.2 cm³/mol. The molecule has 0 heterocycles. The number of amides is 1. The van der Waals surface area contributed by atoms with E-state index in [2.05, 4.69) is 5.32 Å². The summed E-state index contributed by atoms with van der Waals surface area (Å²) in [6, 6.07) is -0.501. The molecule has 2 N–H and O–H groups in total. The molecule has 5 nitrogen and oxygen atoms in total. The predicted octanol–water partition coefficient (Wildman–Crippen LogP) is 0.696. The molecule has 5 heteroatoms. The zero-order valence-corrected chi connectivity index (χ0v) is 10.5. The van der Waals surface area contributed by atoms with Gasteiger partial charge in [-0.25, -0.2) is 0 Å². The van der Waals surface area contributed by atoms with Crippen LogP contribution in [0.25, 0.3) is 0 Å². The molecular weight excluding hydrogens is 208 g/mol. The second-order valence-corrected chi connectivity index (χ2v) is 4.05. The van der Waals surface area contributed by atoms with Crippen molar-refractivity contribution in [1.29, 1.82) is 0 Å². The van der Waals surface area contributed by atoms with Gasteiger partial charge in [0, 0.05) is 6.04 Å². The molecule has 0 aromatic rings. The average molecular weight is 230 g/mol. The molecule has 0 aliphatic rings. The van der Waals surface area contributed by atoms with Crippen molar-refractivity contribution in [2.75, 3.05) is 13.1 Å². The summed E-state index contributed by atoms with van der Waals surface area (Å²) in [4.78, 5) is 24.1. The lowest BCUT2D eigenvalue weighted by Gasteiger charge is -2.26. The molecule has 0 spiro atoms. The van der Waals surface area contributed by atoms with Crippen molar-refractivity contribution in [2.45, 2.75) is 46.2 Å². The fourth-order valence-electron chi connectivity index (χ4n) is 1.58. The van der Waals surface area contributed by atoms with Crippen molar-refractivity contribution < 1.29 is 14.7 Å². The topological polar surface area (TPSA) is 69.6 Å². The van der Waals surface area contributed by atoms with Crippen LogP contribution >= 0.6 is 0 Å². The summed E-state index contributed by atoms with van der Waals surface area (Å²) in [6.45, 7) is 8.11. The summed E-state index contributed by atoms with van der Waals surface area (Å²) >= 11 is 0. The van der Waals surface area contributed by atoms with E-state index in [9.17, 15) is 9.59 Å². The highest BCUT2D eigenvalue weighted by molar-refractivity contribution is 5.80. The SMILES string of the molecule is CC[C@@H](C(=O)O)N(CC)CC(=O)NC(C)C. The quantitative estimate of drug-likeness (QED) is 0.675. The second-order valence-electron chi connectivity index (χ2n) is 4.05. The first-order chi connectivity index (χ1) is 7.42. The minimum Gasteiger partial charge on any atom is -0.480 e. The van der Waals surface area contributed by atoms with Gasteiger partial charge in [-0.2, -0.15) is 0 Å². The molecule has 0 aromatic carbocycles. The van der Waals surface area contributed by atoms with Crippen molar-refractivity contribution in [3.63, 3.8) is 0 Å². The van der Waals surface area contributed by atoms with Crippen LogP contribution in [0.2, 0.25) is 0 Å². The maximum atomic E-state index is 11.5. The maximum Gasteiger partial charge on any atom is 0.320 e. The van der Waals surface area contributed by atoms with Gasteiger partial charge in [0.1, 0.15) is 6.04 Å². The Morgan fingerprint density at radius 2 is 1.88 bits per heavy atom. The number of rotatable bonds is 7. The van der Waals surface area contributed by atoms with Gasteiger partial charge in [0.25, 0.3) is 0 Å². The maximum absolute atomic E-state index is 11.5. The van der Waals surface area contributed by atoms with Crippen LogP contribution in [0.5, 0.6) is 0 Å². The first kappa shape index (κ1) is 14.9.